The largest absolute Gasteiger partial charge is 0.302 e. The van der Waals surface area contributed by atoms with Gasteiger partial charge in [0.05, 0.1) is 0 Å². The number of nitrogens with zero attached hydrogens (tertiary/aromatic N) is 1. The number of piperidine rings is 1. The van der Waals surface area contributed by atoms with Gasteiger partial charge in [-0.2, -0.15) is 0 Å². The highest BCUT2D eigenvalue weighted by Gasteiger charge is 2.43. The molecule has 1 aliphatic heterocycles. The molecule has 2 aliphatic rings. The summed E-state index contributed by atoms with van der Waals surface area (Å²) >= 11 is 0. The summed E-state index contributed by atoms with van der Waals surface area (Å²) in [6.07, 6.45) is 10.1. The molecule has 1 heteroatoms. The summed E-state index contributed by atoms with van der Waals surface area (Å²) < 4.78 is 0. The van der Waals surface area contributed by atoms with Crippen molar-refractivity contribution in [3.05, 3.63) is 0 Å². The number of fused-ring (bicyclic) bond motifs is 2. The Kier molecular flexibility index (Phi) is 5.21. The van der Waals surface area contributed by atoms with Crippen LogP contribution in [0, 0.1) is 22.7 Å². The molecule has 0 spiro atoms. The fraction of sp³-hybridized carbons (Fsp3) is 1.00. The van der Waals surface area contributed by atoms with Crippen molar-refractivity contribution in [2.75, 3.05) is 19.6 Å². The number of rotatable bonds is 6. The van der Waals surface area contributed by atoms with Gasteiger partial charge in [0.15, 0.2) is 0 Å². The van der Waals surface area contributed by atoms with E-state index in [1.54, 1.807) is 0 Å². The molecule has 1 nitrogen and oxygen atoms in total. The Hall–Kier alpha value is -0.0400. The number of hydrogen-bond donors (Lipinski definition) is 0. The van der Waals surface area contributed by atoms with Crippen LogP contribution in [0.4, 0.5) is 0 Å². The van der Waals surface area contributed by atoms with Gasteiger partial charge in [-0.25, -0.2) is 0 Å². The van der Waals surface area contributed by atoms with Crippen LogP contribution < -0.4 is 0 Å². The van der Waals surface area contributed by atoms with Gasteiger partial charge in [0.2, 0.25) is 0 Å². The summed E-state index contributed by atoms with van der Waals surface area (Å²) in [4.78, 5) is 2.80. The molecule has 3 unspecified atom stereocenters. The first-order valence-electron chi connectivity index (χ1n) is 9.04. The van der Waals surface area contributed by atoms with Gasteiger partial charge in [-0.05, 0) is 67.7 Å². The third kappa shape index (κ3) is 4.48. The molecule has 0 aromatic carbocycles. The Morgan fingerprint density at radius 1 is 1.25 bits per heavy atom. The Morgan fingerprint density at radius 2 is 2.00 bits per heavy atom. The third-order valence-corrected chi connectivity index (χ3v) is 5.96. The van der Waals surface area contributed by atoms with Crippen LogP contribution in [0.1, 0.15) is 79.6 Å². The minimum absolute atomic E-state index is 0.505. The first kappa shape index (κ1) is 16.3. The average molecular weight is 280 g/mol. The van der Waals surface area contributed by atoms with Crippen LogP contribution in [-0.4, -0.2) is 24.5 Å². The highest BCUT2D eigenvalue weighted by atomic mass is 15.1. The molecule has 0 radical (unpaired) electrons. The van der Waals surface area contributed by atoms with Crippen LogP contribution in [0.2, 0.25) is 0 Å². The van der Waals surface area contributed by atoms with Gasteiger partial charge in [0.25, 0.3) is 0 Å². The van der Waals surface area contributed by atoms with Gasteiger partial charge >= 0.3 is 0 Å². The maximum atomic E-state index is 2.80. The molecule has 1 aliphatic carbocycles. The fourth-order valence-corrected chi connectivity index (χ4v) is 4.36. The predicted molar refractivity (Wildman–Crippen MR) is 89.0 cm³/mol. The molecule has 0 amide bonds. The van der Waals surface area contributed by atoms with Gasteiger partial charge in [-0.3, -0.25) is 0 Å². The van der Waals surface area contributed by atoms with E-state index in [-0.39, 0.29) is 0 Å². The second kappa shape index (κ2) is 6.38. The SMILES string of the molecule is CCC12CCC(CN(CCC(C)CCC(C)(C)C)C1)C2. The Labute approximate surface area is 127 Å². The van der Waals surface area contributed by atoms with Crippen LogP contribution in [0.15, 0.2) is 0 Å². The second-order valence-electron chi connectivity index (χ2n) is 9.19. The van der Waals surface area contributed by atoms with Crippen LogP contribution in [0.3, 0.4) is 0 Å². The molecule has 2 rings (SSSR count). The van der Waals surface area contributed by atoms with Crippen molar-refractivity contribution < 1.29 is 0 Å². The molecule has 1 saturated carbocycles. The van der Waals surface area contributed by atoms with Gasteiger partial charge in [0, 0.05) is 13.1 Å². The van der Waals surface area contributed by atoms with Gasteiger partial charge in [-0.15, -0.1) is 0 Å². The van der Waals surface area contributed by atoms with Crippen molar-refractivity contribution in [2.45, 2.75) is 79.6 Å². The summed E-state index contributed by atoms with van der Waals surface area (Å²) in [5, 5.41) is 0. The van der Waals surface area contributed by atoms with Crippen LogP contribution in [0.5, 0.6) is 0 Å². The molecule has 118 valence electrons. The summed E-state index contributed by atoms with van der Waals surface area (Å²) in [7, 11) is 0. The molecular formula is C19H37N. The van der Waals surface area contributed by atoms with E-state index in [9.17, 15) is 0 Å². The highest BCUT2D eigenvalue weighted by molar-refractivity contribution is 4.95. The second-order valence-corrected chi connectivity index (χ2v) is 9.19. The van der Waals surface area contributed by atoms with E-state index < -0.39 is 0 Å². The fourth-order valence-electron chi connectivity index (χ4n) is 4.36. The van der Waals surface area contributed by atoms with Gasteiger partial charge in [-0.1, -0.05) is 41.0 Å². The first-order valence-corrected chi connectivity index (χ1v) is 9.04. The number of hydrogen-bond acceptors (Lipinski definition) is 1. The Bertz CT molecular complexity index is 303. The lowest BCUT2D eigenvalue weighted by molar-refractivity contribution is 0.0876. The summed E-state index contributed by atoms with van der Waals surface area (Å²) in [5.74, 6) is 1.92. The Balaban J connectivity index is 1.72. The Morgan fingerprint density at radius 3 is 2.65 bits per heavy atom. The zero-order chi connectivity index (χ0) is 14.8. The van der Waals surface area contributed by atoms with Gasteiger partial charge < -0.3 is 4.90 Å². The zero-order valence-electron chi connectivity index (χ0n) is 14.7. The normalized spacial score (nSPS) is 32.5. The van der Waals surface area contributed by atoms with E-state index in [2.05, 4.69) is 39.5 Å². The molecule has 1 heterocycles. The topological polar surface area (TPSA) is 3.24 Å². The van der Waals surface area contributed by atoms with Crippen molar-refractivity contribution in [2.24, 2.45) is 22.7 Å². The lowest BCUT2D eigenvalue weighted by atomic mass is 9.79. The zero-order valence-corrected chi connectivity index (χ0v) is 14.7. The van der Waals surface area contributed by atoms with Crippen LogP contribution >= 0.6 is 0 Å². The molecule has 2 fully saturated rings. The molecule has 0 aromatic rings. The highest BCUT2D eigenvalue weighted by Crippen LogP contribution is 2.48. The summed E-state index contributed by atoms with van der Waals surface area (Å²) in [6, 6.07) is 0. The summed E-state index contributed by atoms with van der Waals surface area (Å²) in [6.45, 7) is 16.1. The van der Waals surface area contributed by atoms with E-state index in [1.807, 2.05) is 0 Å². The lowest BCUT2D eigenvalue weighted by Crippen LogP contribution is -2.43. The van der Waals surface area contributed by atoms with E-state index in [4.69, 9.17) is 0 Å². The van der Waals surface area contributed by atoms with Crippen LogP contribution in [0.25, 0.3) is 0 Å². The summed E-state index contributed by atoms with van der Waals surface area (Å²) in [5.41, 5.74) is 1.21. The molecule has 20 heavy (non-hydrogen) atoms. The molecule has 1 saturated heterocycles. The van der Waals surface area contributed by atoms with E-state index in [0.29, 0.717) is 10.8 Å². The quantitative estimate of drug-likeness (QED) is 0.633. The minimum atomic E-state index is 0.505. The van der Waals surface area contributed by atoms with Crippen molar-refractivity contribution in [3.63, 3.8) is 0 Å². The van der Waals surface area contributed by atoms with E-state index >= 15 is 0 Å². The molecule has 0 aromatic heterocycles. The van der Waals surface area contributed by atoms with Crippen molar-refractivity contribution in [1.29, 1.82) is 0 Å². The molecule has 3 atom stereocenters. The molecular weight excluding hydrogens is 242 g/mol. The standard InChI is InChI=1S/C19H37N/c1-6-19-11-8-17(13-19)14-20(15-19)12-9-16(2)7-10-18(3,4)5/h16-17H,6-15H2,1-5H3. The maximum absolute atomic E-state index is 2.80. The average Bonchev–Trinajstić information content (AvgIpc) is 2.69. The van der Waals surface area contributed by atoms with E-state index in [1.165, 1.54) is 64.6 Å². The van der Waals surface area contributed by atoms with E-state index in [0.717, 1.165) is 11.8 Å². The molecule has 0 N–H and O–H groups in total. The maximum Gasteiger partial charge on any atom is 0.00381 e. The first-order chi connectivity index (χ1) is 9.32. The smallest absolute Gasteiger partial charge is 0.00381 e. The third-order valence-electron chi connectivity index (χ3n) is 5.96. The van der Waals surface area contributed by atoms with Gasteiger partial charge in [0.1, 0.15) is 0 Å². The minimum Gasteiger partial charge on any atom is -0.302 e. The predicted octanol–water partition coefficient (Wildman–Crippen LogP) is 5.35. The van der Waals surface area contributed by atoms with Crippen molar-refractivity contribution >= 4 is 0 Å². The van der Waals surface area contributed by atoms with Crippen LogP contribution in [-0.2, 0) is 0 Å². The van der Waals surface area contributed by atoms with Crippen molar-refractivity contribution in [1.82, 2.24) is 4.90 Å². The lowest BCUT2D eigenvalue weighted by Gasteiger charge is -2.40. The monoisotopic (exact) mass is 279 g/mol. The number of likely N-dealkylation sites (tertiary alicyclic amines) is 1. The van der Waals surface area contributed by atoms with Crippen molar-refractivity contribution in [3.8, 4) is 0 Å². The molecule has 2 bridgehead atoms.